The van der Waals surface area contributed by atoms with Crippen molar-refractivity contribution >= 4 is 21.6 Å². The van der Waals surface area contributed by atoms with Crippen LogP contribution in [-0.2, 0) is 9.84 Å². The monoisotopic (exact) mass is 296 g/mol. The van der Waals surface area contributed by atoms with Gasteiger partial charge in [-0.15, -0.1) is 11.8 Å². The smallest absolute Gasteiger partial charge is 0.179 e. The fourth-order valence-corrected chi connectivity index (χ4v) is 4.13. The molecule has 0 saturated carbocycles. The second-order valence-electron chi connectivity index (χ2n) is 3.93. The van der Waals surface area contributed by atoms with Gasteiger partial charge in [0.2, 0.25) is 0 Å². The summed E-state index contributed by atoms with van der Waals surface area (Å²) < 4.78 is 36.7. The first-order chi connectivity index (χ1) is 9.08. The first kappa shape index (κ1) is 14.1. The molecule has 0 aliphatic carbocycles. The summed E-state index contributed by atoms with van der Waals surface area (Å²) in [4.78, 5) is 1.21. The zero-order valence-electron chi connectivity index (χ0n) is 10.1. The Labute approximate surface area is 116 Å². The van der Waals surface area contributed by atoms with E-state index in [1.165, 1.54) is 23.9 Å². The average molecular weight is 296 g/mol. The lowest BCUT2D eigenvalue weighted by atomic mass is 10.4. The molecule has 0 heterocycles. The van der Waals surface area contributed by atoms with Crippen molar-refractivity contribution in [2.24, 2.45) is 0 Å². The molecule has 0 aromatic heterocycles. The summed E-state index contributed by atoms with van der Waals surface area (Å²) in [6.07, 6.45) is 0. The van der Waals surface area contributed by atoms with Gasteiger partial charge in [0.1, 0.15) is 5.82 Å². The molecule has 2 aromatic rings. The third kappa shape index (κ3) is 4.08. The van der Waals surface area contributed by atoms with Crippen molar-refractivity contribution in [1.82, 2.24) is 0 Å². The minimum atomic E-state index is -3.23. The Kier molecular flexibility index (Phi) is 4.61. The Bertz CT molecular complexity index is 622. The number of halogens is 1. The van der Waals surface area contributed by atoms with E-state index in [1.54, 1.807) is 42.5 Å². The first-order valence-corrected chi connectivity index (χ1v) is 8.38. The molecule has 19 heavy (non-hydrogen) atoms. The van der Waals surface area contributed by atoms with Crippen molar-refractivity contribution in [3.8, 4) is 0 Å². The van der Waals surface area contributed by atoms with Gasteiger partial charge in [-0.2, -0.15) is 0 Å². The number of hydrogen-bond donors (Lipinski definition) is 0. The third-order valence-electron chi connectivity index (χ3n) is 2.54. The van der Waals surface area contributed by atoms with Crippen LogP contribution in [0.5, 0.6) is 0 Å². The molecule has 2 aromatic carbocycles. The molecule has 5 heteroatoms. The van der Waals surface area contributed by atoms with Gasteiger partial charge in [0, 0.05) is 10.6 Å². The minimum Gasteiger partial charge on any atom is -0.224 e. The van der Waals surface area contributed by atoms with Crippen LogP contribution in [0.25, 0.3) is 0 Å². The molecule has 0 fully saturated rings. The maximum atomic E-state index is 12.7. The number of hydrogen-bond acceptors (Lipinski definition) is 3. The van der Waals surface area contributed by atoms with E-state index in [-0.39, 0.29) is 11.6 Å². The van der Waals surface area contributed by atoms with Gasteiger partial charge in [-0.1, -0.05) is 18.2 Å². The molecule has 100 valence electrons. The molecular formula is C14H13FO2S2. The van der Waals surface area contributed by atoms with E-state index in [0.717, 1.165) is 4.90 Å². The highest BCUT2D eigenvalue weighted by molar-refractivity contribution is 8.00. The molecule has 0 amide bonds. The summed E-state index contributed by atoms with van der Waals surface area (Å²) in [6, 6.07) is 14.4. The van der Waals surface area contributed by atoms with Crippen LogP contribution in [0.2, 0.25) is 0 Å². The molecule has 2 rings (SSSR count). The maximum absolute atomic E-state index is 12.7. The SMILES string of the molecule is O=S(=O)(CCSc1ccc(F)cc1)c1ccccc1. The molecular weight excluding hydrogens is 283 g/mol. The fourth-order valence-electron chi connectivity index (χ4n) is 1.55. The van der Waals surface area contributed by atoms with Crippen molar-refractivity contribution in [3.05, 3.63) is 60.4 Å². The van der Waals surface area contributed by atoms with Crippen molar-refractivity contribution in [2.45, 2.75) is 9.79 Å². The van der Waals surface area contributed by atoms with Crippen molar-refractivity contribution in [3.63, 3.8) is 0 Å². The van der Waals surface area contributed by atoms with Crippen LogP contribution in [-0.4, -0.2) is 19.9 Å². The quantitative estimate of drug-likeness (QED) is 0.793. The van der Waals surface area contributed by atoms with E-state index >= 15 is 0 Å². The predicted molar refractivity (Wildman–Crippen MR) is 75.6 cm³/mol. The summed E-state index contributed by atoms with van der Waals surface area (Å²) in [5.74, 6) is 0.225. The molecule has 0 bridgehead atoms. The van der Waals surface area contributed by atoms with Gasteiger partial charge in [-0.25, -0.2) is 12.8 Å². The van der Waals surface area contributed by atoms with Gasteiger partial charge >= 0.3 is 0 Å². The van der Waals surface area contributed by atoms with E-state index in [9.17, 15) is 12.8 Å². The van der Waals surface area contributed by atoms with Gasteiger partial charge in [0.05, 0.1) is 10.6 Å². The van der Waals surface area contributed by atoms with Crippen LogP contribution in [0, 0.1) is 5.82 Å². The Morgan fingerprint density at radius 1 is 0.947 bits per heavy atom. The summed E-state index contributed by atoms with van der Waals surface area (Å²) in [5, 5.41) is 0. The average Bonchev–Trinajstić information content (AvgIpc) is 2.42. The molecule has 0 saturated heterocycles. The molecule has 2 nitrogen and oxygen atoms in total. The molecule has 0 aliphatic heterocycles. The number of sulfone groups is 1. The Morgan fingerprint density at radius 2 is 1.58 bits per heavy atom. The Balaban J connectivity index is 1.94. The summed E-state index contributed by atoms with van der Waals surface area (Å²) in [7, 11) is -3.23. The molecule has 0 radical (unpaired) electrons. The standard InChI is InChI=1S/C14H13FO2S2/c15-12-6-8-13(9-7-12)18-10-11-19(16,17)14-4-2-1-3-5-14/h1-9H,10-11H2. The Morgan fingerprint density at radius 3 is 2.21 bits per heavy atom. The van der Waals surface area contributed by atoms with Crippen LogP contribution in [0.1, 0.15) is 0 Å². The number of rotatable bonds is 5. The maximum Gasteiger partial charge on any atom is 0.179 e. The van der Waals surface area contributed by atoms with Crippen molar-refractivity contribution in [1.29, 1.82) is 0 Å². The van der Waals surface area contributed by atoms with E-state index in [0.29, 0.717) is 10.6 Å². The largest absolute Gasteiger partial charge is 0.224 e. The highest BCUT2D eigenvalue weighted by Crippen LogP contribution is 2.20. The topological polar surface area (TPSA) is 34.1 Å². The second-order valence-corrected chi connectivity index (χ2v) is 7.21. The lowest BCUT2D eigenvalue weighted by Gasteiger charge is -2.04. The lowest BCUT2D eigenvalue weighted by Crippen LogP contribution is -2.08. The van der Waals surface area contributed by atoms with Crippen LogP contribution in [0.15, 0.2) is 64.4 Å². The van der Waals surface area contributed by atoms with E-state index in [4.69, 9.17) is 0 Å². The first-order valence-electron chi connectivity index (χ1n) is 5.74. The fraction of sp³-hybridized carbons (Fsp3) is 0.143. The highest BCUT2D eigenvalue weighted by atomic mass is 32.2. The van der Waals surface area contributed by atoms with Gasteiger partial charge in [0.25, 0.3) is 0 Å². The van der Waals surface area contributed by atoms with Gasteiger partial charge < -0.3 is 0 Å². The Hall–Kier alpha value is -1.33. The summed E-state index contributed by atoms with van der Waals surface area (Å²) in [5.41, 5.74) is 0. The third-order valence-corrected chi connectivity index (χ3v) is 5.54. The molecule has 0 N–H and O–H groups in total. The highest BCUT2D eigenvalue weighted by Gasteiger charge is 2.13. The van der Waals surface area contributed by atoms with Crippen LogP contribution in [0.3, 0.4) is 0 Å². The van der Waals surface area contributed by atoms with Gasteiger partial charge in [-0.05, 0) is 36.4 Å². The van der Waals surface area contributed by atoms with Crippen molar-refractivity contribution in [2.75, 3.05) is 11.5 Å². The number of benzene rings is 2. The van der Waals surface area contributed by atoms with Crippen LogP contribution >= 0.6 is 11.8 Å². The summed E-state index contributed by atoms with van der Waals surface area (Å²) in [6.45, 7) is 0. The zero-order valence-corrected chi connectivity index (χ0v) is 11.8. The summed E-state index contributed by atoms with van der Waals surface area (Å²) >= 11 is 1.40. The number of thioether (sulfide) groups is 1. The van der Waals surface area contributed by atoms with E-state index in [1.807, 2.05) is 0 Å². The predicted octanol–water partition coefficient (Wildman–Crippen LogP) is 3.39. The van der Waals surface area contributed by atoms with Crippen molar-refractivity contribution < 1.29 is 12.8 Å². The molecule has 0 aliphatic rings. The molecule has 0 atom stereocenters. The van der Waals surface area contributed by atoms with Gasteiger partial charge in [-0.3, -0.25) is 0 Å². The molecule has 0 unspecified atom stereocenters. The van der Waals surface area contributed by atoms with Gasteiger partial charge in [0.15, 0.2) is 9.84 Å². The minimum absolute atomic E-state index is 0.0685. The second kappa shape index (κ2) is 6.21. The van der Waals surface area contributed by atoms with E-state index < -0.39 is 9.84 Å². The lowest BCUT2D eigenvalue weighted by molar-refractivity contribution is 0.597. The van der Waals surface area contributed by atoms with E-state index in [2.05, 4.69) is 0 Å². The molecule has 0 spiro atoms. The normalized spacial score (nSPS) is 11.4. The van der Waals surface area contributed by atoms with Crippen LogP contribution in [0.4, 0.5) is 4.39 Å². The van der Waals surface area contributed by atoms with Crippen LogP contribution < -0.4 is 0 Å². The zero-order chi connectivity index (χ0) is 13.7.